The summed E-state index contributed by atoms with van der Waals surface area (Å²) < 4.78 is 1.39. The zero-order valence-electron chi connectivity index (χ0n) is 11.0. The molecule has 1 aromatic rings. The molecule has 0 bridgehead atoms. The number of rotatable bonds is 8. The zero-order valence-corrected chi connectivity index (χ0v) is 11.8. The fraction of sp³-hybridized carbons (Fsp3) is 0.667. The molecule has 1 rings (SSSR count). The highest BCUT2D eigenvalue weighted by Gasteiger charge is 2.07. The topological polar surface area (TPSA) is 59.0 Å². The van der Waals surface area contributed by atoms with Crippen molar-refractivity contribution in [1.82, 2.24) is 15.1 Å². The van der Waals surface area contributed by atoms with Crippen molar-refractivity contribution in [3.05, 3.63) is 21.6 Å². The first-order valence-corrected chi connectivity index (χ1v) is 6.78. The third-order valence-corrected chi connectivity index (χ3v) is 2.88. The largest absolute Gasteiger partial charge is 0.382 e. The molecule has 0 amide bonds. The molecule has 0 fully saturated rings. The van der Waals surface area contributed by atoms with Crippen LogP contribution in [0.2, 0.25) is 5.02 Å². The van der Waals surface area contributed by atoms with Crippen LogP contribution < -0.4 is 16.2 Å². The number of nitrogens with zero attached hydrogens (tertiary/aromatic N) is 2. The van der Waals surface area contributed by atoms with Crippen LogP contribution in [0.15, 0.2) is 11.0 Å². The second-order valence-electron chi connectivity index (χ2n) is 4.03. The van der Waals surface area contributed by atoms with E-state index in [0.717, 1.165) is 32.5 Å². The summed E-state index contributed by atoms with van der Waals surface area (Å²) in [6.45, 7) is 7.35. The molecular weight excluding hydrogens is 252 g/mol. The van der Waals surface area contributed by atoms with Crippen molar-refractivity contribution >= 4 is 17.3 Å². The van der Waals surface area contributed by atoms with Crippen LogP contribution in [0.3, 0.4) is 0 Å². The molecule has 5 nitrogen and oxygen atoms in total. The lowest BCUT2D eigenvalue weighted by Gasteiger charge is -2.09. The molecule has 0 aliphatic heterocycles. The molecule has 0 spiro atoms. The first kappa shape index (κ1) is 15.0. The summed E-state index contributed by atoms with van der Waals surface area (Å²) in [6.07, 6.45) is 3.45. The van der Waals surface area contributed by atoms with E-state index in [9.17, 15) is 4.79 Å². The minimum absolute atomic E-state index is 0.224. The van der Waals surface area contributed by atoms with Gasteiger partial charge in [0.1, 0.15) is 5.02 Å². The Labute approximate surface area is 113 Å². The lowest BCUT2D eigenvalue weighted by atomic mass is 10.3. The fourth-order valence-corrected chi connectivity index (χ4v) is 1.79. The van der Waals surface area contributed by atoms with E-state index in [1.54, 1.807) is 6.20 Å². The Kier molecular flexibility index (Phi) is 6.75. The van der Waals surface area contributed by atoms with Gasteiger partial charge in [-0.3, -0.25) is 4.79 Å². The van der Waals surface area contributed by atoms with Crippen LogP contribution in [0.1, 0.15) is 26.7 Å². The van der Waals surface area contributed by atoms with Gasteiger partial charge in [0.2, 0.25) is 0 Å². The van der Waals surface area contributed by atoms with Gasteiger partial charge in [0.05, 0.1) is 11.9 Å². The number of hydrogen-bond acceptors (Lipinski definition) is 4. The molecular formula is C12H21ClN4O. The smallest absolute Gasteiger partial charge is 0.287 e. The van der Waals surface area contributed by atoms with Gasteiger partial charge >= 0.3 is 0 Å². The molecule has 0 aliphatic carbocycles. The van der Waals surface area contributed by atoms with E-state index in [2.05, 4.69) is 22.7 Å². The summed E-state index contributed by atoms with van der Waals surface area (Å²) >= 11 is 6.02. The highest BCUT2D eigenvalue weighted by Crippen LogP contribution is 2.14. The van der Waals surface area contributed by atoms with Crippen LogP contribution in [0.5, 0.6) is 0 Å². The molecule has 0 aliphatic rings. The number of anilines is 1. The van der Waals surface area contributed by atoms with Crippen LogP contribution in [-0.4, -0.2) is 29.4 Å². The molecule has 0 aromatic carbocycles. The Morgan fingerprint density at radius 2 is 2.17 bits per heavy atom. The number of halogens is 1. The van der Waals surface area contributed by atoms with Crippen molar-refractivity contribution in [2.24, 2.45) is 0 Å². The predicted octanol–water partition coefficient (Wildman–Crippen LogP) is 1.72. The van der Waals surface area contributed by atoms with Crippen LogP contribution >= 0.6 is 11.6 Å². The van der Waals surface area contributed by atoms with Crippen molar-refractivity contribution in [2.45, 2.75) is 33.2 Å². The number of aryl methyl sites for hydroxylation is 1. The van der Waals surface area contributed by atoms with Crippen molar-refractivity contribution in [3.63, 3.8) is 0 Å². The van der Waals surface area contributed by atoms with E-state index in [-0.39, 0.29) is 10.6 Å². The van der Waals surface area contributed by atoms with E-state index in [0.29, 0.717) is 12.2 Å². The van der Waals surface area contributed by atoms with Gasteiger partial charge < -0.3 is 10.6 Å². The molecule has 0 saturated carbocycles. The van der Waals surface area contributed by atoms with Gasteiger partial charge in [-0.1, -0.05) is 25.4 Å². The number of aromatic nitrogens is 2. The Bertz CT molecular complexity index is 419. The minimum Gasteiger partial charge on any atom is -0.382 e. The summed E-state index contributed by atoms with van der Waals surface area (Å²) in [7, 11) is 0. The van der Waals surface area contributed by atoms with E-state index in [1.807, 2.05) is 6.92 Å². The van der Waals surface area contributed by atoms with Crippen LogP contribution in [0.25, 0.3) is 0 Å². The Hall–Kier alpha value is -1.07. The summed E-state index contributed by atoms with van der Waals surface area (Å²) in [5.74, 6) is 0. The summed E-state index contributed by atoms with van der Waals surface area (Å²) in [5.41, 5.74) is 0.390. The molecule has 18 heavy (non-hydrogen) atoms. The molecule has 0 radical (unpaired) electrons. The van der Waals surface area contributed by atoms with Crippen molar-refractivity contribution in [2.75, 3.05) is 25.0 Å². The van der Waals surface area contributed by atoms with Crippen LogP contribution in [0.4, 0.5) is 5.69 Å². The summed E-state index contributed by atoms with van der Waals surface area (Å²) in [5, 5.41) is 10.7. The van der Waals surface area contributed by atoms with Crippen molar-refractivity contribution in [3.8, 4) is 0 Å². The van der Waals surface area contributed by atoms with Gasteiger partial charge in [0.25, 0.3) is 5.56 Å². The Morgan fingerprint density at radius 1 is 1.39 bits per heavy atom. The first-order chi connectivity index (χ1) is 8.70. The average Bonchev–Trinajstić information content (AvgIpc) is 2.37. The second kappa shape index (κ2) is 8.11. The molecule has 6 heteroatoms. The lowest BCUT2D eigenvalue weighted by Crippen LogP contribution is -2.24. The van der Waals surface area contributed by atoms with Gasteiger partial charge in [0.15, 0.2) is 0 Å². The molecule has 0 saturated heterocycles. The molecule has 1 heterocycles. The van der Waals surface area contributed by atoms with Crippen LogP contribution in [-0.2, 0) is 6.54 Å². The van der Waals surface area contributed by atoms with Gasteiger partial charge in [0, 0.05) is 13.1 Å². The van der Waals surface area contributed by atoms with Crippen molar-refractivity contribution in [1.29, 1.82) is 0 Å². The third kappa shape index (κ3) is 4.31. The maximum atomic E-state index is 11.8. The number of hydrogen-bond donors (Lipinski definition) is 2. The molecule has 2 N–H and O–H groups in total. The van der Waals surface area contributed by atoms with E-state index in [1.165, 1.54) is 4.68 Å². The van der Waals surface area contributed by atoms with Gasteiger partial charge in [-0.15, -0.1) is 0 Å². The SMILES string of the molecule is CCCn1ncc(NCCCNCC)c(Cl)c1=O. The van der Waals surface area contributed by atoms with Crippen molar-refractivity contribution < 1.29 is 0 Å². The summed E-state index contributed by atoms with van der Waals surface area (Å²) in [4.78, 5) is 11.8. The maximum absolute atomic E-state index is 11.8. The predicted molar refractivity (Wildman–Crippen MR) is 75.4 cm³/mol. The first-order valence-electron chi connectivity index (χ1n) is 6.40. The standard InChI is InChI=1S/C12H21ClN4O/c1-3-8-17-12(18)11(13)10(9-16-17)15-7-5-6-14-4-2/h9,14-15H,3-8H2,1-2H3. The monoisotopic (exact) mass is 272 g/mol. The zero-order chi connectivity index (χ0) is 13.4. The Morgan fingerprint density at radius 3 is 2.83 bits per heavy atom. The molecule has 102 valence electrons. The number of nitrogens with one attached hydrogen (secondary N) is 2. The maximum Gasteiger partial charge on any atom is 0.287 e. The highest BCUT2D eigenvalue weighted by molar-refractivity contribution is 6.32. The normalized spacial score (nSPS) is 10.6. The van der Waals surface area contributed by atoms with Gasteiger partial charge in [-0.25, -0.2) is 4.68 Å². The fourth-order valence-electron chi connectivity index (χ4n) is 1.57. The lowest BCUT2D eigenvalue weighted by molar-refractivity contribution is 0.568. The molecule has 1 aromatic heterocycles. The molecule has 0 atom stereocenters. The quantitative estimate of drug-likeness (QED) is 0.708. The average molecular weight is 273 g/mol. The minimum atomic E-state index is -0.227. The third-order valence-electron chi connectivity index (χ3n) is 2.52. The molecule has 0 unspecified atom stereocenters. The van der Waals surface area contributed by atoms with E-state index in [4.69, 9.17) is 11.6 Å². The van der Waals surface area contributed by atoms with E-state index < -0.39 is 0 Å². The van der Waals surface area contributed by atoms with Gasteiger partial charge in [-0.2, -0.15) is 5.10 Å². The van der Waals surface area contributed by atoms with Gasteiger partial charge in [-0.05, 0) is 25.9 Å². The second-order valence-corrected chi connectivity index (χ2v) is 4.41. The Balaban J connectivity index is 2.57. The van der Waals surface area contributed by atoms with Crippen LogP contribution in [0, 0.1) is 0 Å². The highest BCUT2D eigenvalue weighted by atomic mass is 35.5. The van der Waals surface area contributed by atoms with E-state index >= 15 is 0 Å². The summed E-state index contributed by atoms with van der Waals surface area (Å²) in [6, 6.07) is 0.